The molecular formula is C84H164O17P2. The minimum Gasteiger partial charge on any atom is -0.462 e. The van der Waals surface area contributed by atoms with E-state index in [9.17, 15) is 43.2 Å². The van der Waals surface area contributed by atoms with Crippen LogP contribution >= 0.6 is 15.6 Å². The number of phosphoric acid groups is 2. The predicted octanol–water partition coefficient (Wildman–Crippen LogP) is 25.5. The number of aliphatic hydroxyl groups excluding tert-OH is 1. The summed E-state index contributed by atoms with van der Waals surface area (Å²) in [4.78, 5) is 73.1. The van der Waals surface area contributed by atoms with Crippen LogP contribution < -0.4 is 0 Å². The topological polar surface area (TPSA) is 237 Å². The fourth-order valence-corrected chi connectivity index (χ4v) is 14.6. The molecule has 103 heavy (non-hydrogen) atoms. The molecule has 0 saturated heterocycles. The van der Waals surface area contributed by atoms with Crippen LogP contribution in [0.2, 0.25) is 0 Å². The van der Waals surface area contributed by atoms with Crippen molar-refractivity contribution < 1.29 is 80.2 Å². The fourth-order valence-electron chi connectivity index (χ4n) is 13.0. The Hall–Kier alpha value is -1.94. The van der Waals surface area contributed by atoms with Gasteiger partial charge in [-0.05, 0) is 37.5 Å². The van der Waals surface area contributed by atoms with Crippen molar-refractivity contribution in [1.29, 1.82) is 0 Å². The highest BCUT2D eigenvalue weighted by Crippen LogP contribution is 2.45. The molecule has 3 N–H and O–H groups in total. The minimum absolute atomic E-state index is 0.108. The normalized spacial score (nSPS) is 14.1. The van der Waals surface area contributed by atoms with E-state index in [1.54, 1.807) is 0 Å². The molecule has 0 saturated carbocycles. The van der Waals surface area contributed by atoms with Crippen LogP contribution in [0, 0.1) is 11.8 Å². The SMILES string of the molecule is CCCCCCCCCCCCCCCCCCC(=O)O[C@H](COC(=O)CCCCCCCCCCC)COP(=O)(O)OC[C@H](O)COP(=O)(O)OC[C@@H](COC(=O)CCCCCCCCCCCCCCCC(C)C)OC(=O)CCCCCCCCCCCCCCCCCCCCC(C)CC. The van der Waals surface area contributed by atoms with E-state index in [0.29, 0.717) is 25.7 Å². The second-order valence-corrected chi connectivity index (χ2v) is 33.8. The van der Waals surface area contributed by atoms with Crippen molar-refractivity contribution in [3.05, 3.63) is 0 Å². The molecule has 0 aliphatic heterocycles. The van der Waals surface area contributed by atoms with Gasteiger partial charge in [-0.15, -0.1) is 0 Å². The molecule has 0 aromatic rings. The molecule has 19 heteroatoms. The largest absolute Gasteiger partial charge is 0.472 e. The number of unbranched alkanes of at least 4 members (excludes halogenated alkanes) is 52. The summed E-state index contributed by atoms with van der Waals surface area (Å²) in [5.41, 5.74) is 0. The maximum Gasteiger partial charge on any atom is 0.472 e. The van der Waals surface area contributed by atoms with Gasteiger partial charge >= 0.3 is 39.5 Å². The Morgan fingerprint density at radius 3 is 0.738 bits per heavy atom. The third-order valence-electron chi connectivity index (χ3n) is 20.1. The maximum absolute atomic E-state index is 13.1. The van der Waals surface area contributed by atoms with Crippen LogP contribution in [0.5, 0.6) is 0 Å². The highest BCUT2D eigenvalue weighted by molar-refractivity contribution is 7.47. The lowest BCUT2D eigenvalue weighted by Gasteiger charge is -2.21. The van der Waals surface area contributed by atoms with E-state index in [0.717, 1.165) is 102 Å². The molecule has 612 valence electrons. The van der Waals surface area contributed by atoms with E-state index in [1.807, 2.05) is 0 Å². The van der Waals surface area contributed by atoms with E-state index in [2.05, 4.69) is 41.5 Å². The maximum atomic E-state index is 13.1. The monoisotopic (exact) mass is 1510 g/mol. The third-order valence-corrected chi connectivity index (χ3v) is 22.0. The molecule has 0 radical (unpaired) electrons. The number of carbonyl (C=O) groups excluding carboxylic acids is 4. The summed E-state index contributed by atoms with van der Waals surface area (Å²) in [5, 5.41) is 10.7. The first-order valence-electron chi connectivity index (χ1n) is 43.5. The van der Waals surface area contributed by atoms with Gasteiger partial charge in [-0.2, -0.15) is 0 Å². The van der Waals surface area contributed by atoms with Crippen LogP contribution in [0.4, 0.5) is 0 Å². The Balaban J connectivity index is 5.20. The average Bonchev–Trinajstić information content (AvgIpc) is 0.912. The lowest BCUT2D eigenvalue weighted by Crippen LogP contribution is -2.30. The Morgan fingerprint density at radius 1 is 0.282 bits per heavy atom. The Morgan fingerprint density at radius 2 is 0.495 bits per heavy atom. The zero-order valence-electron chi connectivity index (χ0n) is 67.6. The summed E-state index contributed by atoms with van der Waals surface area (Å²) in [6.45, 7) is 9.73. The van der Waals surface area contributed by atoms with Gasteiger partial charge in [-0.3, -0.25) is 37.3 Å². The van der Waals surface area contributed by atoms with Crippen LogP contribution in [0.25, 0.3) is 0 Å². The molecule has 0 heterocycles. The number of hydrogen-bond acceptors (Lipinski definition) is 15. The first kappa shape index (κ1) is 101. The first-order valence-corrected chi connectivity index (χ1v) is 46.5. The summed E-state index contributed by atoms with van der Waals surface area (Å²) in [5.74, 6) is -0.443. The van der Waals surface area contributed by atoms with Crippen molar-refractivity contribution in [1.82, 2.24) is 0 Å². The Labute approximate surface area is 632 Å². The van der Waals surface area contributed by atoms with Gasteiger partial charge in [0.2, 0.25) is 0 Å². The number of phosphoric ester groups is 2. The summed E-state index contributed by atoms with van der Waals surface area (Å²) in [7, 11) is -9.92. The van der Waals surface area contributed by atoms with E-state index in [4.69, 9.17) is 37.0 Å². The molecule has 0 aromatic heterocycles. The fraction of sp³-hybridized carbons (Fsp3) is 0.952. The lowest BCUT2D eigenvalue weighted by molar-refractivity contribution is -0.161. The van der Waals surface area contributed by atoms with Gasteiger partial charge in [-0.1, -0.05) is 395 Å². The van der Waals surface area contributed by atoms with Crippen LogP contribution in [0.3, 0.4) is 0 Å². The molecular weight excluding hydrogens is 1340 g/mol. The number of rotatable bonds is 83. The van der Waals surface area contributed by atoms with Crippen molar-refractivity contribution in [2.24, 2.45) is 11.8 Å². The van der Waals surface area contributed by atoms with Gasteiger partial charge in [0.15, 0.2) is 12.2 Å². The molecule has 6 atom stereocenters. The van der Waals surface area contributed by atoms with Crippen LogP contribution in [0.1, 0.15) is 446 Å². The molecule has 0 aliphatic carbocycles. The van der Waals surface area contributed by atoms with E-state index in [-0.39, 0.29) is 25.7 Å². The zero-order chi connectivity index (χ0) is 75.6. The van der Waals surface area contributed by atoms with Crippen molar-refractivity contribution in [3.8, 4) is 0 Å². The zero-order valence-corrected chi connectivity index (χ0v) is 69.4. The molecule has 0 rings (SSSR count). The van der Waals surface area contributed by atoms with E-state index < -0.39 is 97.5 Å². The van der Waals surface area contributed by atoms with Gasteiger partial charge < -0.3 is 33.8 Å². The molecule has 0 spiro atoms. The van der Waals surface area contributed by atoms with Crippen LogP contribution in [-0.4, -0.2) is 96.7 Å². The molecule has 0 aromatic carbocycles. The molecule has 0 bridgehead atoms. The van der Waals surface area contributed by atoms with Gasteiger partial charge in [0.1, 0.15) is 19.3 Å². The summed E-state index contributed by atoms with van der Waals surface area (Å²) >= 11 is 0. The lowest BCUT2D eigenvalue weighted by atomic mass is 9.99. The number of ether oxygens (including phenoxy) is 4. The van der Waals surface area contributed by atoms with Crippen molar-refractivity contribution in [3.63, 3.8) is 0 Å². The highest BCUT2D eigenvalue weighted by atomic mass is 31.2. The minimum atomic E-state index is -4.96. The van der Waals surface area contributed by atoms with Gasteiger partial charge in [0.05, 0.1) is 26.4 Å². The first-order chi connectivity index (χ1) is 49.9. The molecule has 0 aliphatic rings. The van der Waals surface area contributed by atoms with Gasteiger partial charge in [-0.25, -0.2) is 9.13 Å². The quantitative estimate of drug-likeness (QED) is 0.0222. The van der Waals surface area contributed by atoms with Crippen molar-refractivity contribution >= 4 is 39.5 Å². The molecule has 3 unspecified atom stereocenters. The van der Waals surface area contributed by atoms with Crippen LogP contribution in [0.15, 0.2) is 0 Å². The summed E-state index contributed by atoms with van der Waals surface area (Å²) in [6.07, 6.45) is 66.6. The predicted molar refractivity (Wildman–Crippen MR) is 423 cm³/mol. The van der Waals surface area contributed by atoms with Crippen molar-refractivity contribution in [2.45, 2.75) is 464 Å². The van der Waals surface area contributed by atoms with E-state index >= 15 is 0 Å². The van der Waals surface area contributed by atoms with Gasteiger partial charge in [0, 0.05) is 25.7 Å². The second kappa shape index (κ2) is 75.5. The highest BCUT2D eigenvalue weighted by Gasteiger charge is 2.30. The van der Waals surface area contributed by atoms with E-state index in [1.165, 1.54) is 263 Å². The second-order valence-electron chi connectivity index (χ2n) is 30.9. The number of esters is 4. The molecule has 0 amide bonds. The number of aliphatic hydroxyl groups is 1. The molecule has 0 fully saturated rings. The number of carbonyl (C=O) groups is 4. The third kappa shape index (κ3) is 76.6. The standard InChI is InChI=1S/C84H164O17P2/c1-7-10-12-14-16-18-19-20-21-27-32-38-44-50-56-62-68-83(88)100-79(72-94-81(86)66-60-54-48-40-17-15-13-11-8-2)74-98-102(90,91)96-70-78(85)71-97-103(92,93)99-75-80(73-95-82(87)67-61-55-49-43-37-34-29-30-35-41-46-52-58-64-76(4)5)101-84(89)69-63-57-51-45-39-33-28-25-23-22-24-26-31-36-42-47-53-59-65-77(6)9-3/h76-80,85H,7-75H2,1-6H3,(H,90,91)(H,92,93)/t77?,78-,79+,80+/m0/s1. The number of hydrogen-bond donors (Lipinski definition) is 3. The average molecular weight is 1510 g/mol. The Kier molecular flexibility index (Phi) is 74.1. The molecule has 17 nitrogen and oxygen atoms in total. The summed E-state index contributed by atoms with van der Waals surface area (Å²) < 4.78 is 68.8. The summed E-state index contributed by atoms with van der Waals surface area (Å²) in [6, 6.07) is 0. The Bertz CT molecular complexity index is 1980. The van der Waals surface area contributed by atoms with Crippen LogP contribution in [-0.2, 0) is 65.4 Å². The smallest absolute Gasteiger partial charge is 0.462 e. The van der Waals surface area contributed by atoms with Crippen molar-refractivity contribution in [2.75, 3.05) is 39.6 Å². The van der Waals surface area contributed by atoms with Gasteiger partial charge in [0.25, 0.3) is 0 Å².